The molecule has 62 valence electrons. The zero-order valence-electron chi connectivity index (χ0n) is 6.26. The lowest BCUT2D eigenvalue weighted by molar-refractivity contribution is -0.139. The number of hydrogen-bond acceptors (Lipinski definition) is 3. The molecule has 0 heterocycles. The Hall–Kier alpha value is -1.10. The van der Waals surface area contributed by atoms with Crippen molar-refractivity contribution in [2.75, 3.05) is 0 Å². The Morgan fingerprint density at radius 2 is 2.00 bits per heavy atom. The van der Waals surface area contributed by atoms with Crippen molar-refractivity contribution in [1.29, 1.82) is 0 Å². The van der Waals surface area contributed by atoms with Crippen LogP contribution in [-0.4, -0.2) is 17.9 Å². The van der Waals surface area contributed by atoms with Crippen LogP contribution < -0.4 is 16.6 Å². The Labute approximate surface area is 64.3 Å². The van der Waals surface area contributed by atoms with Crippen molar-refractivity contribution in [2.45, 2.75) is 19.4 Å². The van der Waals surface area contributed by atoms with Crippen molar-refractivity contribution < 1.29 is 9.59 Å². The van der Waals surface area contributed by atoms with E-state index in [1.807, 2.05) is 6.92 Å². The molecule has 0 spiro atoms. The van der Waals surface area contributed by atoms with Crippen LogP contribution in [-0.2, 0) is 9.59 Å². The van der Waals surface area contributed by atoms with E-state index >= 15 is 0 Å². The Balaban J connectivity index is 2.26. The minimum atomic E-state index is -0.788. The molecule has 2 unspecified atom stereocenters. The summed E-state index contributed by atoms with van der Waals surface area (Å²) >= 11 is 0. The number of amides is 2. The maximum absolute atomic E-state index is 10.8. The van der Waals surface area contributed by atoms with E-state index in [1.54, 1.807) is 5.43 Å². The highest BCUT2D eigenvalue weighted by atomic mass is 16.2. The smallest absolute Gasteiger partial charge is 0.323 e. The summed E-state index contributed by atoms with van der Waals surface area (Å²) in [5.41, 5.74) is 1.76. The third-order valence-corrected chi connectivity index (χ3v) is 1.76. The molecule has 0 radical (unpaired) electrons. The zero-order chi connectivity index (χ0) is 8.43. The van der Waals surface area contributed by atoms with Gasteiger partial charge in [-0.1, -0.05) is 6.92 Å². The highest BCUT2D eigenvalue weighted by Crippen LogP contribution is 2.28. The van der Waals surface area contributed by atoms with Crippen LogP contribution in [0.1, 0.15) is 13.3 Å². The van der Waals surface area contributed by atoms with E-state index in [0.29, 0.717) is 5.92 Å². The van der Waals surface area contributed by atoms with Gasteiger partial charge in [0.25, 0.3) is 0 Å². The van der Waals surface area contributed by atoms with Crippen LogP contribution in [0.25, 0.3) is 0 Å². The minimum Gasteiger partial charge on any atom is -0.345 e. The average molecular weight is 157 g/mol. The van der Waals surface area contributed by atoms with Crippen LogP contribution in [0.3, 0.4) is 0 Å². The lowest BCUT2D eigenvalue weighted by Crippen LogP contribution is -2.44. The molecule has 0 aromatic rings. The molecular weight excluding hydrogens is 146 g/mol. The highest BCUT2D eigenvalue weighted by molar-refractivity contribution is 6.35. The normalized spacial score (nSPS) is 27.5. The first-order valence-electron chi connectivity index (χ1n) is 3.46. The first-order valence-corrected chi connectivity index (χ1v) is 3.46. The van der Waals surface area contributed by atoms with Crippen molar-refractivity contribution in [3.05, 3.63) is 0 Å². The highest BCUT2D eigenvalue weighted by Gasteiger charge is 2.34. The molecule has 0 bridgehead atoms. The Morgan fingerprint density at radius 3 is 2.36 bits per heavy atom. The lowest BCUT2D eigenvalue weighted by atomic mass is 10.4. The Morgan fingerprint density at radius 1 is 1.45 bits per heavy atom. The first kappa shape index (κ1) is 8.00. The fourth-order valence-corrected chi connectivity index (χ4v) is 0.823. The Bertz CT molecular complexity index is 192. The number of rotatable bonds is 1. The van der Waals surface area contributed by atoms with Gasteiger partial charge in [0.1, 0.15) is 0 Å². The molecule has 1 fully saturated rings. The number of nitrogens with two attached hydrogens (primary N) is 1. The van der Waals surface area contributed by atoms with Crippen LogP contribution >= 0.6 is 0 Å². The van der Waals surface area contributed by atoms with E-state index in [-0.39, 0.29) is 6.04 Å². The number of carbonyl (C=O) groups excluding carboxylic acids is 2. The van der Waals surface area contributed by atoms with Gasteiger partial charge in [-0.05, 0) is 12.3 Å². The summed E-state index contributed by atoms with van der Waals surface area (Å²) in [5.74, 6) is 3.79. The number of carbonyl (C=O) groups is 2. The molecule has 5 heteroatoms. The van der Waals surface area contributed by atoms with E-state index in [0.717, 1.165) is 6.42 Å². The van der Waals surface area contributed by atoms with Crippen LogP contribution in [0.5, 0.6) is 0 Å². The molecule has 1 saturated carbocycles. The second kappa shape index (κ2) is 2.87. The number of hydrazine groups is 1. The molecule has 5 nitrogen and oxygen atoms in total. The standard InChI is InChI=1S/C6H11N3O2/c1-3-2-4(3)8-5(10)6(11)9-7/h3-4H,2,7H2,1H3,(H,8,10)(H,9,11). The lowest BCUT2D eigenvalue weighted by Gasteiger charge is -2.00. The molecule has 0 aromatic carbocycles. The number of hydrogen-bond donors (Lipinski definition) is 3. The summed E-state index contributed by atoms with van der Waals surface area (Å²) in [7, 11) is 0. The summed E-state index contributed by atoms with van der Waals surface area (Å²) in [6, 6.07) is 0.166. The molecular formula is C6H11N3O2. The van der Waals surface area contributed by atoms with Gasteiger partial charge in [0.05, 0.1) is 0 Å². The third-order valence-electron chi connectivity index (χ3n) is 1.76. The van der Waals surface area contributed by atoms with Crippen molar-refractivity contribution >= 4 is 11.8 Å². The van der Waals surface area contributed by atoms with Crippen molar-refractivity contribution in [1.82, 2.24) is 10.7 Å². The summed E-state index contributed by atoms with van der Waals surface area (Å²) in [6.45, 7) is 2.01. The molecule has 2 amide bonds. The van der Waals surface area contributed by atoms with Crippen molar-refractivity contribution in [3.8, 4) is 0 Å². The maximum atomic E-state index is 10.8. The van der Waals surface area contributed by atoms with Crippen LogP contribution in [0.2, 0.25) is 0 Å². The summed E-state index contributed by atoms with van der Waals surface area (Å²) < 4.78 is 0. The predicted molar refractivity (Wildman–Crippen MR) is 38.0 cm³/mol. The Kier molecular flexibility index (Phi) is 2.09. The zero-order valence-corrected chi connectivity index (χ0v) is 6.26. The largest absolute Gasteiger partial charge is 0.345 e. The van der Waals surface area contributed by atoms with Gasteiger partial charge in [-0.15, -0.1) is 0 Å². The molecule has 0 aliphatic heterocycles. The van der Waals surface area contributed by atoms with Gasteiger partial charge < -0.3 is 5.32 Å². The van der Waals surface area contributed by atoms with Crippen LogP contribution in [0, 0.1) is 5.92 Å². The van der Waals surface area contributed by atoms with Crippen molar-refractivity contribution in [3.63, 3.8) is 0 Å². The van der Waals surface area contributed by atoms with Crippen LogP contribution in [0.15, 0.2) is 0 Å². The van der Waals surface area contributed by atoms with Gasteiger partial charge in [0.2, 0.25) is 0 Å². The average Bonchev–Trinajstić information content (AvgIpc) is 2.65. The van der Waals surface area contributed by atoms with Gasteiger partial charge in [0.15, 0.2) is 0 Å². The molecule has 11 heavy (non-hydrogen) atoms. The molecule has 1 aliphatic rings. The van der Waals surface area contributed by atoms with E-state index in [2.05, 4.69) is 5.32 Å². The van der Waals surface area contributed by atoms with Gasteiger partial charge in [-0.25, -0.2) is 5.84 Å². The second-order valence-corrected chi connectivity index (χ2v) is 2.77. The monoisotopic (exact) mass is 157 g/mol. The van der Waals surface area contributed by atoms with E-state index < -0.39 is 11.8 Å². The molecule has 0 aromatic heterocycles. The van der Waals surface area contributed by atoms with Gasteiger partial charge in [-0.3, -0.25) is 15.0 Å². The summed E-state index contributed by atoms with van der Waals surface area (Å²) in [5, 5.41) is 2.52. The van der Waals surface area contributed by atoms with Crippen molar-refractivity contribution in [2.24, 2.45) is 11.8 Å². The van der Waals surface area contributed by atoms with E-state index in [1.165, 1.54) is 0 Å². The van der Waals surface area contributed by atoms with Gasteiger partial charge >= 0.3 is 11.8 Å². The predicted octanol–water partition coefficient (Wildman–Crippen LogP) is -1.50. The first-order chi connectivity index (χ1) is 5.15. The SMILES string of the molecule is CC1CC1NC(=O)C(=O)NN. The fourth-order valence-electron chi connectivity index (χ4n) is 0.823. The molecule has 0 saturated heterocycles. The molecule has 1 rings (SSSR count). The van der Waals surface area contributed by atoms with Gasteiger partial charge in [-0.2, -0.15) is 0 Å². The van der Waals surface area contributed by atoms with E-state index in [9.17, 15) is 9.59 Å². The molecule has 1 aliphatic carbocycles. The minimum absolute atomic E-state index is 0.166. The maximum Gasteiger partial charge on any atom is 0.323 e. The van der Waals surface area contributed by atoms with E-state index in [4.69, 9.17) is 5.84 Å². The third kappa shape index (κ3) is 1.91. The summed E-state index contributed by atoms with van der Waals surface area (Å²) in [6.07, 6.45) is 0.948. The van der Waals surface area contributed by atoms with Gasteiger partial charge in [0, 0.05) is 6.04 Å². The van der Waals surface area contributed by atoms with Crippen LogP contribution in [0.4, 0.5) is 0 Å². The molecule has 4 N–H and O–H groups in total. The topological polar surface area (TPSA) is 84.2 Å². The molecule has 2 atom stereocenters. The second-order valence-electron chi connectivity index (χ2n) is 2.77. The fraction of sp³-hybridized carbons (Fsp3) is 0.667. The number of nitrogens with one attached hydrogen (secondary N) is 2. The summed E-state index contributed by atoms with van der Waals surface area (Å²) in [4.78, 5) is 21.3. The quantitative estimate of drug-likeness (QED) is 0.187.